The highest BCUT2D eigenvalue weighted by Gasteiger charge is 2.35. The van der Waals surface area contributed by atoms with E-state index in [-0.39, 0.29) is 34.4 Å². The van der Waals surface area contributed by atoms with Crippen LogP contribution in [0.4, 0.5) is 26.3 Å². The zero-order valence-electron chi connectivity index (χ0n) is 17.9. The molecular weight excluding hydrogens is 450 g/mol. The topological polar surface area (TPSA) is 53.2 Å². The van der Waals surface area contributed by atoms with E-state index < -0.39 is 46.7 Å². The van der Waals surface area contributed by atoms with Gasteiger partial charge in [0.1, 0.15) is 5.82 Å². The molecule has 10 heteroatoms. The number of nitrogens with one attached hydrogen (secondary N) is 1. The zero-order valence-corrected chi connectivity index (χ0v) is 17.9. The minimum atomic E-state index is -4.91. The Bertz CT molecular complexity index is 1270. The van der Waals surface area contributed by atoms with Gasteiger partial charge < -0.3 is 9.88 Å². The number of H-pyrrole nitrogens is 1. The van der Waals surface area contributed by atoms with Gasteiger partial charge in [-0.2, -0.15) is 13.2 Å². The van der Waals surface area contributed by atoms with Crippen molar-refractivity contribution in [3.05, 3.63) is 81.0 Å². The van der Waals surface area contributed by atoms with Gasteiger partial charge in [0, 0.05) is 18.3 Å². The first-order chi connectivity index (χ1) is 15.3. The number of carbonyl (C=O) groups is 1. The van der Waals surface area contributed by atoms with Crippen LogP contribution >= 0.6 is 0 Å². The van der Waals surface area contributed by atoms with Crippen LogP contribution in [0.5, 0.6) is 0 Å². The number of benzene rings is 2. The average Bonchev–Trinajstić information content (AvgIpc) is 2.71. The third-order valence-corrected chi connectivity index (χ3v) is 5.24. The predicted octanol–water partition coefficient (Wildman–Crippen LogP) is 5.82. The van der Waals surface area contributed by atoms with Crippen LogP contribution < -0.4 is 5.56 Å². The summed E-state index contributed by atoms with van der Waals surface area (Å²) in [6.07, 6.45) is -3.65. The van der Waals surface area contributed by atoms with Crippen molar-refractivity contribution in [2.45, 2.75) is 33.0 Å². The highest BCUT2D eigenvalue weighted by molar-refractivity contribution is 5.95. The minimum absolute atomic E-state index is 0.0744. The van der Waals surface area contributed by atoms with Gasteiger partial charge in [0.15, 0.2) is 11.6 Å². The number of aromatic amines is 1. The van der Waals surface area contributed by atoms with Crippen molar-refractivity contribution in [1.82, 2.24) is 9.88 Å². The molecular formula is C23H20F6N2O2. The summed E-state index contributed by atoms with van der Waals surface area (Å²) in [5, 5.41) is -0.0546. The lowest BCUT2D eigenvalue weighted by Gasteiger charge is -2.32. The predicted molar refractivity (Wildman–Crippen MR) is 110 cm³/mol. The van der Waals surface area contributed by atoms with Gasteiger partial charge in [0.05, 0.1) is 17.0 Å². The summed E-state index contributed by atoms with van der Waals surface area (Å²) in [5.74, 6) is -4.84. The van der Waals surface area contributed by atoms with E-state index in [4.69, 9.17) is 0 Å². The molecule has 0 aliphatic carbocycles. The second kappa shape index (κ2) is 8.92. The first-order valence-corrected chi connectivity index (χ1v) is 9.99. The van der Waals surface area contributed by atoms with E-state index in [9.17, 15) is 35.9 Å². The molecule has 1 aromatic heterocycles. The van der Waals surface area contributed by atoms with E-state index >= 15 is 0 Å². The van der Waals surface area contributed by atoms with Crippen LogP contribution in [0.15, 0.2) is 41.3 Å². The van der Waals surface area contributed by atoms with Gasteiger partial charge in [-0.15, -0.1) is 0 Å². The monoisotopic (exact) mass is 470 g/mol. The van der Waals surface area contributed by atoms with E-state index in [1.54, 1.807) is 20.8 Å². The van der Waals surface area contributed by atoms with Crippen LogP contribution in [0.2, 0.25) is 0 Å². The number of nitrogens with zero attached hydrogens (tertiary/aromatic N) is 1. The van der Waals surface area contributed by atoms with Crippen LogP contribution in [0.1, 0.15) is 48.3 Å². The number of amides is 1. The van der Waals surface area contributed by atoms with Crippen molar-refractivity contribution in [3.63, 3.8) is 0 Å². The SMILES string of the molecule is CC(C)CN(C(=O)c1ccc(C(F)(F)F)c(F)c1)C(C)c1c[nH]c(=O)c2cc(F)c(F)cc12. The zero-order chi connectivity index (χ0) is 24.7. The fourth-order valence-corrected chi connectivity index (χ4v) is 3.64. The maximum atomic E-state index is 14.1. The average molecular weight is 470 g/mol. The first kappa shape index (κ1) is 24.3. The molecule has 0 spiro atoms. The summed E-state index contributed by atoms with van der Waals surface area (Å²) >= 11 is 0. The molecule has 0 saturated heterocycles. The maximum absolute atomic E-state index is 14.1. The van der Waals surface area contributed by atoms with Crippen LogP contribution in [0.25, 0.3) is 10.8 Å². The lowest BCUT2D eigenvalue weighted by molar-refractivity contribution is -0.140. The molecule has 3 aromatic rings. The third kappa shape index (κ3) is 4.89. The number of halogens is 6. The Kier molecular flexibility index (Phi) is 6.58. The lowest BCUT2D eigenvalue weighted by Crippen LogP contribution is -2.37. The van der Waals surface area contributed by atoms with Gasteiger partial charge in [0.25, 0.3) is 11.5 Å². The molecule has 0 saturated carbocycles. The van der Waals surface area contributed by atoms with Gasteiger partial charge in [-0.25, -0.2) is 13.2 Å². The quantitative estimate of drug-likeness (QED) is 0.478. The van der Waals surface area contributed by atoms with Crippen molar-refractivity contribution < 1.29 is 31.1 Å². The summed E-state index contributed by atoms with van der Waals surface area (Å²) < 4.78 is 80.4. The summed E-state index contributed by atoms with van der Waals surface area (Å²) in [4.78, 5) is 29.0. The van der Waals surface area contributed by atoms with Gasteiger partial charge >= 0.3 is 6.18 Å². The Hall–Kier alpha value is -3.30. The van der Waals surface area contributed by atoms with E-state index in [0.29, 0.717) is 12.1 Å². The highest BCUT2D eigenvalue weighted by Crippen LogP contribution is 2.33. The highest BCUT2D eigenvalue weighted by atomic mass is 19.4. The van der Waals surface area contributed by atoms with Crippen LogP contribution in [0.3, 0.4) is 0 Å². The largest absolute Gasteiger partial charge is 0.419 e. The molecule has 176 valence electrons. The lowest BCUT2D eigenvalue weighted by atomic mass is 9.99. The summed E-state index contributed by atoms with van der Waals surface area (Å²) in [6.45, 7) is 5.27. The third-order valence-electron chi connectivity index (χ3n) is 5.24. The molecule has 3 rings (SSSR count). The normalized spacial score (nSPS) is 12.9. The minimum Gasteiger partial charge on any atom is -0.332 e. The van der Waals surface area contributed by atoms with E-state index in [1.165, 1.54) is 11.1 Å². The second-order valence-corrected chi connectivity index (χ2v) is 8.10. The smallest absolute Gasteiger partial charge is 0.332 e. The summed E-state index contributed by atoms with van der Waals surface area (Å²) in [5.41, 5.74) is -2.18. The summed E-state index contributed by atoms with van der Waals surface area (Å²) in [6, 6.07) is 2.67. The standard InChI is InChI=1S/C23H20F6N2O2/c1-11(2)10-31(22(33)13-4-5-17(18(24)6-13)23(27,28)29)12(3)16-9-30-21(32)15-8-20(26)19(25)7-14(15)16/h4-9,11-12H,10H2,1-3H3,(H,30,32). The van der Waals surface area contributed by atoms with Crippen molar-refractivity contribution in [2.75, 3.05) is 6.54 Å². The Balaban J connectivity index is 2.10. The fourth-order valence-electron chi connectivity index (χ4n) is 3.64. The Morgan fingerprint density at radius 2 is 1.58 bits per heavy atom. The van der Waals surface area contributed by atoms with Gasteiger partial charge in [0.2, 0.25) is 0 Å². The van der Waals surface area contributed by atoms with E-state index in [1.807, 2.05) is 0 Å². The molecule has 0 aliphatic rings. The number of carbonyl (C=O) groups excluding carboxylic acids is 1. The van der Waals surface area contributed by atoms with E-state index in [0.717, 1.165) is 18.2 Å². The molecule has 1 unspecified atom stereocenters. The van der Waals surface area contributed by atoms with Crippen LogP contribution in [-0.4, -0.2) is 22.3 Å². The molecule has 1 heterocycles. The number of hydrogen-bond donors (Lipinski definition) is 1. The molecule has 4 nitrogen and oxygen atoms in total. The van der Waals surface area contributed by atoms with Crippen molar-refractivity contribution >= 4 is 16.7 Å². The van der Waals surface area contributed by atoms with Gasteiger partial charge in [-0.05, 0) is 54.1 Å². The van der Waals surface area contributed by atoms with Crippen LogP contribution in [0, 0.1) is 23.4 Å². The molecule has 0 aliphatic heterocycles. The van der Waals surface area contributed by atoms with Crippen molar-refractivity contribution in [3.8, 4) is 0 Å². The maximum Gasteiger partial charge on any atom is 0.419 e. The molecule has 0 fully saturated rings. The number of hydrogen-bond acceptors (Lipinski definition) is 2. The van der Waals surface area contributed by atoms with Gasteiger partial charge in [-0.3, -0.25) is 9.59 Å². The summed E-state index contributed by atoms with van der Waals surface area (Å²) in [7, 11) is 0. The number of pyridine rings is 1. The Labute approximate surface area is 184 Å². The van der Waals surface area contributed by atoms with Gasteiger partial charge in [-0.1, -0.05) is 13.8 Å². The molecule has 0 bridgehead atoms. The number of rotatable bonds is 5. The molecule has 2 aromatic carbocycles. The van der Waals surface area contributed by atoms with Crippen LogP contribution in [-0.2, 0) is 6.18 Å². The number of alkyl halides is 3. The molecule has 1 N–H and O–H groups in total. The fraction of sp³-hybridized carbons (Fsp3) is 0.304. The number of fused-ring (bicyclic) bond motifs is 1. The molecule has 1 amide bonds. The van der Waals surface area contributed by atoms with Crippen molar-refractivity contribution in [1.29, 1.82) is 0 Å². The van der Waals surface area contributed by atoms with Crippen molar-refractivity contribution in [2.24, 2.45) is 5.92 Å². The molecule has 1 atom stereocenters. The van der Waals surface area contributed by atoms with E-state index in [2.05, 4.69) is 4.98 Å². The Morgan fingerprint density at radius 1 is 0.970 bits per heavy atom. The Morgan fingerprint density at radius 3 is 2.12 bits per heavy atom. The molecule has 0 radical (unpaired) electrons. The second-order valence-electron chi connectivity index (χ2n) is 8.10. The first-order valence-electron chi connectivity index (χ1n) is 9.99. The number of aromatic nitrogens is 1. The molecule has 33 heavy (non-hydrogen) atoms.